The smallest absolute Gasteiger partial charge is 0.255 e. The first-order valence-electron chi connectivity index (χ1n) is 9.71. The van der Waals surface area contributed by atoms with Crippen LogP contribution < -0.4 is 10.1 Å². The van der Waals surface area contributed by atoms with E-state index in [1.54, 1.807) is 17.4 Å². The molecular weight excluding hydrogens is 436 g/mol. The second-order valence-corrected chi connectivity index (χ2v) is 9.71. The average Bonchev–Trinajstić information content (AvgIpc) is 3.34. The van der Waals surface area contributed by atoms with Crippen LogP contribution in [0, 0.1) is 0 Å². The summed E-state index contributed by atoms with van der Waals surface area (Å²) < 4.78 is 38.2. The Morgan fingerprint density at radius 3 is 2.58 bits per heavy atom. The Labute approximate surface area is 185 Å². The maximum absolute atomic E-state index is 13.2. The van der Waals surface area contributed by atoms with Crippen LogP contribution >= 0.6 is 11.3 Å². The van der Waals surface area contributed by atoms with Crippen LogP contribution in [0.3, 0.4) is 0 Å². The number of hydrogen-bond donors (Lipinski definition) is 1. The van der Waals surface area contributed by atoms with Crippen LogP contribution in [-0.2, 0) is 14.8 Å². The lowest BCUT2D eigenvalue weighted by Crippen LogP contribution is -2.40. The Bertz CT molecular complexity index is 1170. The lowest BCUT2D eigenvalue weighted by atomic mass is 10.1. The minimum atomic E-state index is -3.83. The van der Waals surface area contributed by atoms with Gasteiger partial charge in [-0.25, -0.2) is 8.42 Å². The lowest BCUT2D eigenvalue weighted by molar-refractivity contribution is 0.0729. The number of rotatable bonds is 6. The van der Waals surface area contributed by atoms with Crippen LogP contribution in [0.15, 0.2) is 64.9 Å². The van der Waals surface area contributed by atoms with Gasteiger partial charge in [-0.2, -0.15) is 4.31 Å². The fourth-order valence-electron chi connectivity index (χ4n) is 3.38. The highest BCUT2D eigenvalue weighted by atomic mass is 32.2. The topological polar surface area (TPSA) is 84.9 Å². The summed E-state index contributed by atoms with van der Waals surface area (Å²) in [5.74, 6) is -0.202. The van der Waals surface area contributed by atoms with Crippen molar-refractivity contribution in [1.29, 1.82) is 0 Å². The number of nitrogens with zero attached hydrogens (tertiary/aromatic N) is 1. The van der Waals surface area contributed by atoms with E-state index < -0.39 is 15.9 Å². The molecule has 1 fully saturated rings. The second kappa shape index (κ2) is 9.19. The fourth-order valence-corrected chi connectivity index (χ4v) is 5.73. The number of morpholine rings is 1. The summed E-state index contributed by atoms with van der Waals surface area (Å²) >= 11 is 1.58. The van der Waals surface area contributed by atoms with Crippen molar-refractivity contribution in [3.63, 3.8) is 0 Å². The summed E-state index contributed by atoms with van der Waals surface area (Å²) in [4.78, 5) is 14.0. The monoisotopic (exact) mass is 458 g/mol. The number of methoxy groups -OCH3 is 1. The van der Waals surface area contributed by atoms with E-state index in [0.29, 0.717) is 18.9 Å². The number of thiophene rings is 1. The first kappa shape index (κ1) is 21.5. The van der Waals surface area contributed by atoms with Gasteiger partial charge < -0.3 is 14.8 Å². The van der Waals surface area contributed by atoms with Crippen LogP contribution in [0.25, 0.3) is 10.4 Å². The molecule has 3 aromatic rings. The number of nitrogens with one attached hydrogen (secondary N) is 1. The molecule has 0 atom stereocenters. The number of anilines is 1. The second-order valence-electron chi connectivity index (χ2n) is 6.86. The molecule has 0 saturated carbocycles. The molecule has 0 unspecified atom stereocenters. The minimum absolute atomic E-state index is 0.0314. The molecule has 4 rings (SSSR count). The highest BCUT2D eigenvalue weighted by Gasteiger charge is 2.30. The molecule has 1 aliphatic rings. The quantitative estimate of drug-likeness (QED) is 0.609. The van der Waals surface area contributed by atoms with E-state index in [1.165, 1.54) is 23.5 Å². The van der Waals surface area contributed by atoms with E-state index in [4.69, 9.17) is 9.47 Å². The van der Waals surface area contributed by atoms with E-state index >= 15 is 0 Å². The predicted octanol–water partition coefficient (Wildman–Crippen LogP) is 3.70. The third-order valence-corrected chi connectivity index (χ3v) is 7.80. The number of amides is 1. The summed E-state index contributed by atoms with van der Waals surface area (Å²) in [5.41, 5.74) is 1.79. The molecule has 7 nitrogen and oxygen atoms in total. The molecule has 0 aliphatic carbocycles. The van der Waals surface area contributed by atoms with Gasteiger partial charge in [0.2, 0.25) is 10.0 Å². The van der Waals surface area contributed by atoms with Crippen molar-refractivity contribution in [2.45, 2.75) is 4.90 Å². The van der Waals surface area contributed by atoms with Gasteiger partial charge in [-0.15, -0.1) is 11.3 Å². The van der Waals surface area contributed by atoms with E-state index in [2.05, 4.69) is 5.32 Å². The molecule has 2 aromatic carbocycles. The van der Waals surface area contributed by atoms with Crippen molar-refractivity contribution in [3.8, 4) is 16.2 Å². The van der Waals surface area contributed by atoms with Gasteiger partial charge in [-0.1, -0.05) is 24.3 Å². The number of ether oxygens (including phenoxy) is 2. The zero-order valence-corrected chi connectivity index (χ0v) is 18.5. The van der Waals surface area contributed by atoms with Gasteiger partial charge in [0.25, 0.3) is 5.91 Å². The molecule has 0 radical (unpaired) electrons. The maximum Gasteiger partial charge on any atom is 0.255 e. The Balaban J connectivity index is 1.65. The Hall–Kier alpha value is -2.72. The molecule has 31 heavy (non-hydrogen) atoms. The largest absolute Gasteiger partial charge is 0.495 e. The van der Waals surface area contributed by atoms with Crippen LogP contribution in [-0.4, -0.2) is 52.0 Å². The third kappa shape index (κ3) is 4.49. The summed E-state index contributed by atoms with van der Waals surface area (Å²) in [6, 6.07) is 15.9. The number of carbonyl (C=O) groups is 1. The standard InChI is InChI=1S/C22H22N2O5S2/c1-28-19-9-8-16(15-21(19)31(26,27)24-10-12-29-13-11-24)22(25)23-18-6-3-2-5-17(18)20-7-4-14-30-20/h2-9,14-15H,10-13H2,1H3,(H,23,25). The molecule has 1 N–H and O–H groups in total. The molecule has 1 aliphatic heterocycles. The summed E-state index contributed by atoms with van der Waals surface area (Å²) in [6.45, 7) is 1.19. The zero-order chi connectivity index (χ0) is 21.8. The van der Waals surface area contributed by atoms with Crippen molar-refractivity contribution < 1.29 is 22.7 Å². The first-order chi connectivity index (χ1) is 15.0. The number of para-hydroxylation sites is 1. The minimum Gasteiger partial charge on any atom is -0.495 e. The van der Waals surface area contributed by atoms with Gasteiger partial charge in [0.1, 0.15) is 10.6 Å². The maximum atomic E-state index is 13.2. The van der Waals surface area contributed by atoms with Gasteiger partial charge in [-0.05, 0) is 35.7 Å². The van der Waals surface area contributed by atoms with Crippen molar-refractivity contribution in [2.24, 2.45) is 0 Å². The third-order valence-electron chi connectivity index (χ3n) is 4.98. The normalized spacial score (nSPS) is 14.9. The average molecular weight is 459 g/mol. The molecule has 1 amide bonds. The van der Waals surface area contributed by atoms with E-state index in [9.17, 15) is 13.2 Å². The van der Waals surface area contributed by atoms with Crippen molar-refractivity contribution in [1.82, 2.24) is 4.31 Å². The molecule has 1 aromatic heterocycles. The molecule has 0 spiro atoms. The summed E-state index contributed by atoms with van der Waals surface area (Å²) in [6.07, 6.45) is 0. The predicted molar refractivity (Wildman–Crippen MR) is 120 cm³/mol. The van der Waals surface area contributed by atoms with Gasteiger partial charge in [0.15, 0.2) is 0 Å². The Morgan fingerprint density at radius 2 is 1.87 bits per heavy atom. The molecule has 162 valence electrons. The van der Waals surface area contributed by atoms with E-state index in [-0.39, 0.29) is 29.3 Å². The molecule has 0 bridgehead atoms. The lowest BCUT2D eigenvalue weighted by Gasteiger charge is -2.26. The SMILES string of the molecule is COc1ccc(C(=O)Nc2ccccc2-c2cccs2)cc1S(=O)(=O)N1CCOCC1. The first-order valence-corrected chi connectivity index (χ1v) is 12.0. The number of hydrogen-bond acceptors (Lipinski definition) is 6. The molecule has 9 heteroatoms. The van der Waals surface area contributed by atoms with Crippen molar-refractivity contribution in [3.05, 3.63) is 65.5 Å². The summed E-state index contributed by atoms with van der Waals surface area (Å²) in [5, 5.41) is 4.88. The zero-order valence-electron chi connectivity index (χ0n) is 16.9. The number of benzene rings is 2. The molecule has 1 saturated heterocycles. The van der Waals surface area contributed by atoms with E-state index in [0.717, 1.165) is 10.4 Å². The molecular formula is C22H22N2O5S2. The van der Waals surface area contributed by atoms with Crippen LogP contribution in [0.1, 0.15) is 10.4 Å². The van der Waals surface area contributed by atoms with Gasteiger partial charge in [0.05, 0.1) is 20.3 Å². The van der Waals surface area contributed by atoms with Gasteiger partial charge in [0, 0.05) is 34.8 Å². The number of sulfonamides is 1. The van der Waals surface area contributed by atoms with Crippen molar-refractivity contribution in [2.75, 3.05) is 38.7 Å². The van der Waals surface area contributed by atoms with Gasteiger partial charge >= 0.3 is 0 Å². The van der Waals surface area contributed by atoms with Gasteiger partial charge in [-0.3, -0.25) is 4.79 Å². The van der Waals surface area contributed by atoms with Crippen LogP contribution in [0.2, 0.25) is 0 Å². The number of carbonyl (C=O) groups excluding carboxylic acids is 1. The molecule has 2 heterocycles. The van der Waals surface area contributed by atoms with E-state index in [1.807, 2.05) is 41.8 Å². The Morgan fingerprint density at radius 1 is 1.10 bits per heavy atom. The van der Waals surface area contributed by atoms with Crippen LogP contribution in [0.4, 0.5) is 5.69 Å². The Kier molecular flexibility index (Phi) is 6.38. The van der Waals surface area contributed by atoms with Crippen LogP contribution in [0.5, 0.6) is 5.75 Å². The highest BCUT2D eigenvalue weighted by Crippen LogP contribution is 2.32. The highest BCUT2D eigenvalue weighted by molar-refractivity contribution is 7.89. The van der Waals surface area contributed by atoms with Crippen molar-refractivity contribution >= 4 is 33.0 Å². The summed E-state index contributed by atoms with van der Waals surface area (Å²) in [7, 11) is -2.42. The fraction of sp³-hybridized carbons (Fsp3) is 0.227.